The van der Waals surface area contributed by atoms with E-state index in [1.165, 1.54) is 18.2 Å². The molecule has 1 fully saturated rings. The number of anilines is 1. The van der Waals surface area contributed by atoms with E-state index >= 15 is 0 Å². The highest BCUT2D eigenvalue weighted by atomic mass is 79.9. The zero-order valence-corrected chi connectivity index (χ0v) is 24.6. The van der Waals surface area contributed by atoms with Gasteiger partial charge in [0.2, 0.25) is 0 Å². The summed E-state index contributed by atoms with van der Waals surface area (Å²) >= 11 is 3.48. The van der Waals surface area contributed by atoms with Crippen molar-refractivity contribution in [3.8, 4) is 17.2 Å². The van der Waals surface area contributed by atoms with Crippen LogP contribution in [0.2, 0.25) is 0 Å². The van der Waals surface area contributed by atoms with Crippen molar-refractivity contribution in [1.29, 1.82) is 0 Å². The van der Waals surface area contributed by atoms with Gasteiger partial charge in [-0.15, -0.1) is 0 Å². The van der Waals surface area contributed by atoms with E-state index < -0.39 is 17.8 Å². The van der Waals surface area contributed by atoms with E-state index in [0.717, 1.165) is 16.0 Å². The van der Waals surface area contributed by atoms with Crippen molar-refractivity contribution in [3.05, 3.63) is 124 Å². The summed E-state index contributed by atoms with van der Waals surface area (Å²) < 4.78 is 31.3. The number of carbonyl (C=O) groups excluding carboxylic acids is 3. The molecule has 1 aliphatic rings. The monoisotopic (exact) mass is 644 g/mol. The summed E-state index contributed by atoms with van der Waals surface area (Å²) in [4.78, 5) is 39.8. The van der Waals surface area contributed by atoms with Crippen molar-refractivity contribution in [2.24, 2.45) is 0 Å². The lowest BCUT2D eigenvalue weighted by atomic mass is 10.1. The highest BCUT2D eigenvalue weighted by molar-refractivity contribution is 9.10. The molecule has 1 N–H and O–H groups in total. The first kappa shape index (κ1) is 29.5. The van der Waals surface area contributed by atoms with Crippen molar-refractivity contribution in [2.75, 3.05) is 11.5 Å². The van der Waals surface area contributed by atoms with Gasteiger partial charge in [-0.25, -0.2) is 14.1 Å². The first-order valence-electron chi connectivity index (χ1n) is 13.3. The van der Waals surface area contributed by atoms with Crippen LogP contribution in [0.4, 0.5) is 14.9 Å². The zero-order chi connectivity index (χ0) is 30.3. The number of nitrogens with one attached hydrogen (secondary N) is 1. The maximum atomic E-state index is 13.4. The molecule has 0 aliphatic carbocycles. The predicted octanol–water partition coefficient (Wildman–Crippen LogP) is 6.81. The molecule has 0 radical (unpaired) electrons. The van der Waals surface area contributed by atoms with Gasteiger partial charge < -0.3 is 14.2 Å². The standard InChI is InChI=1S/C33H26BrFN2O6/c1-2-41-29-18-23(17-28(34)30(29)43-20-22-8-10-24(35)11-9-22)16-27-31(38)36-33(40)37(32(27)39)25-12-14-26(15-13-25)42-19-21-6-4-3-5-7-21/h3-18H,2,19-20H2,1H3,(H,36,38,40)/b27-16+. The van der Waals surface area contributed by atoms with Gasteiger partial charge in [0.15, 0.2) is 11.5 Å². The highest BCUT2D eigenvalue weighted by Crippen LogP contribution is 2.38. The van der Waals surface area contributed by atoms with Crippen LogP contribution in [-0.4, -0.2) is 24.5 Å². The Labute approximate surface area is 255 Å². The summed E-state index contributed by atoms with van der Waals surface area (Å²) in [5.74, 6) is -0.618. The summed E-state index contributed by atoms with van der Waals surface area (Å²) in [5.41, 5.74) is 2.25. The number of benzene rings is 4. The van der Waals surface area contributed by atoms with Gasteiger partial charge in [-0.3, -0.25) is 14.9 Å². The molecule has 8 nitrogen and oxygen atoms in total. The van der Waals surface area contributed by atoms with Crippen molar-refractivity contribution in [2.45, 2.75) is 20.1 Å². The fourth-order valence-electron chi connectivity index (χ4n) is 4.30. The van der Waals surface area contributed by atoms with E-state index in [2.05, 4.69) is 21.2 Å². The fourth-order valence-corrected chi connectivity index (χ4v) is 4.88. The number of barbiturate groups is 1. The Bertz CT molecular complexity index is 1670. The molecular formula is C33H26BrFN2O6. The fraction of sp³-hybridized carbons (Fsp3) is 0.121. The molecule has 0 atom stereocenters. The molecule has 4 aromatic carbocycles. The molecule has 5 rings (SSSR count). The van der Waals surface area contributed by atoms with E-state index in [9.17, 15) is 18.8 Å². The smallest absolute Gasteiger partial charge is 0.335 e. The summed E-state index contributed by atoms with van der Waals surface area (Å²) in [6, 6.07) is 24.5. The van der Waals surface area contributed by atoms with Crippen LogP contribution in [-0.2, 0) is 22.8 Å². The van der Waals surface area contributed by atoms with Crippen LogP contribution in [0.1, 0.15) is 23.6 Å². The lowest BCUT2D eigenvalue weighted by Gasteiger charge is -2.26. The topological polar surface area (TPSA) is 94.2 Å². The minimum absolute atomic E-state index is 0.160. The number of imide groups is 2. The molecule has 10 heteroatoms. The molecule has 4 aromatic rings. The van der Waals surface area contributed by atoms with Gasteiger partial charge in [0.25, 0.3) is 11.8 Å². The molecule has 4 amide bonds. The number of hydrogen-bond acceptors (Lipinski definition) is 6. The quantitative estimate of drug-likeness (QED) is 0.151. The van der Waals surface area contributed by atoms with E-state index in [0.29, 0.717) is 40.5 Å². The molecule has 0 unspecified atom stereocenters. The summed E-state index contributed by atoms with van der Waals surface area (Å²) in [5, 5.41) is 2.23. The first-order valence-corrected chi connectivity index (χ1v) is 14.1. The Morgan fingerprint density at radius 2 is 1.51 bits per heavy atom. The number of urea groups is 1. The minimum atomic E-state index is -0.856. The van der Waals surface area contributed by atoms with Crippen LogP contribution < -0.4 is 24.4 Å². The Kier molecular flexibility index (Phi) is 9.17. The third kappa shape index (κ3) is 7.10. The van der Waals surface area contributed by atoms with Crippen LogP contribution in [0.25, 0.3) is 6.08 Å². The summed E-state index contributed by atoms with van der Waals surface area (Å²) in [7, 11) is 0. The lowest BCUT2D eigenvalue weighted by Crippen LogP contribution is -2.54. The molecule has 1 aliphatic heterocycles. The number of halogens is 2. The molecule has 1 heterocycles. The molecule has 218 valence electrons. The predicted molar refractivity (Wildman–Crippen MR) is 162 cm³/mol. The van der Waals surface area contributed by atoms with Gasteiger partial charge in [0.1, 0.15) is 30.4 Å². The number of rotatable bonds is 10. The third-order valence-electron chi connectivity index (χ3n) is 6.38. The number of carbonyl (C=O) groups is 3. The summed E-state index contributed by atoms with van der Waals surface area (Å²) in [6.45, 7) is 2.65. The SMILES string of the molecule is CCOc1cc(/C=C2\C(=O)NC(=O)N(c3ccc(OCc4ccccc4)cc3)C2=O)cc(Br)c1OCc1ccc(F)cc1. The normalized spacial score (nSPS) is 14.1. The average molecular weight is 645 g/mol. The molecule has 0 aromatic heterocycles. The van der Waals surface area contributed by atoms with Gasteiger partial charge >= 0.3 is 6.03 Å². The van der Waals surface area contributed by atoms with Crippen LogP contribution in [0.5, 0.6) is 17.2 Å². The second kappa shape index (κ2) is 13.3. The van der Waals surface area contributed by atoms with E-state index in [4.69, 9.17) is 14.2 Å². The number of amides is 4. The second-order valence-corrected chi connectivity index (χ2v) is 10.3. The number of nitrogens with zero attached hydrogens (tertiary/aromatic N) is 1. The minimum Gasteiger partial charge on any atom is -0.490 e. The van der Waals surface area contributed by atoms with Crippen molar-refractivity contribution in [1.82, 2.24) is 5.32 Å². The Hall–Kier alpha value is -4.96. The van der Waals surface area contributed by atoms with Gasteiger partial charge in [-0.05, 0) is 94.2 Å². The van der Waals surface area contributed by atoms with Crippen molar-refractivity contribution >= 4 is 45.5 Å². The Morgan fingerprint density at radius 1 is 0.837 bits per heavy atom. The molecule has 0 saturated carbocycles. The van der Waals surface area contributed by atoms with E-state index in [1.807, 2.05) is 37.3 Å². The largest absolute Gasteiger partial charge is 0.490 e. The zero-order valence-electron chi connectivity index (χ0n) is 23.0. The number of hydrogen-bond donors (Lipinski definition) is 1. The van der Waals surface area contributed by atoms with Crippen molar-refractivity contribution < 1.29 is 33.0 Å². The van der Waals surface area contributed by atoms with Crippen LogP contribution >= 0.6 is 15.9 Å². The number of ether oxygens (including phenoxy) is 3. The maximum Gasteiger partial charge on any atom is 0.335 e. The average Bonchev–Trinajstić information content (AvgIpc) is 3.00. The lowest BCUT2D eigenvalue weighted by molar-refractivity contribution is -0.122. The third-order valence-corrected chi connectivity index (χ3v) is 6.97. The molecule has 43 heavy (non-hydrogen) atoms. The van der Waals surface area contributed by atoms with Crippen molar-refractivity contribution in [3.63, 3.8) is 0 Å². The molecular weight excluding hydrogens is 619 g/mol. The Morgan fingerprint density at radius 3 is 2.21 bits per heavy atom. The second-order valence-electron chi connectivity index (χ2n) is 9.40. The Balaban J connectivity index is 1.36. The molecule has 0 bridgehead atoms. The molecule has 1 saturated heterocycles. The van der Waals surface area contributed by atoms with Crippen LogP contribution in [0.3, 0.4) is 0 Å². The maximum absolute atomic E-state index is 13.4. The van der Waals surface area contributed by atoms with Gasteiger partial charge in [-0.1, -0.05) is 42.5 Å². The van der Waals surface area contributed by atoms with E-state index in [1.54, 1.807) is 48.5 Å². The van der Waals surface area contributed by atoms with E-state index in [-0.39, 0.29) is 23.7 Å². The van der Waals surface area contributed by atoms with Gasteiger partial charge in [0, 0.05) is 0 Å². The summed E-state index contributed by atoms with van der Waals surface area (Å²) in [6.07, 6.45) is 1.38. The van der Waals surface area contributed by atoms with Gasteiger partial charge in [0.05, 0.1) is 16.8 Å². The molecule has 0 spiro atoms. The van der Waals surface area contributed by atoms with Crippen LogP contribution in [0, 0.1) is 5.82 Å². The first-order chi connectivity index (χ1) is 20.8. The highest BCUT2D eigenvalue weighted by Gasteiger charge is 2.37. The van der Waals surface area contributed by atoms with Crippen LogP contribution in [0.15, 0.2) is 101 Å². The van der Waals surface area contributed by atoms with Gasteiger partial charge in [-0.2, -0.15) is 0 Å².